The van der Waals surface area contributed by atoms with E-state index in [0.29, 0.717) is 22.1 Å². The molecule has 0 spiro atoms. The summed E-state index contributed by atoms with van der Waals surface area (Å²) in [5.74, 6) is 0.651. The SMILES string of the molecule is COc1ccc(C(Br)c2cc(Br)ccc2F)c(OC)c1Cl. The highest BCUT2D eigenvalue weighted by atomic mass is 79.9. The minimum atomic E-state index is -0.395. The van der Waals surface area contributed by atoms with Gasteiger partial charge >= 0.3 is 0 Å². The maximum atomic E-state index is 14.0. The van der Waals surface area contributed by atoms with Gasteiger partial charge in [-0.05, 0) is 24.3 Å². The smallest absolute Gasteiger partial charge is 0.145 e. The van der Waals surface area contributed by atoms with Gasteiger partial charge < -0.3 is 9.47 Å². The molecule has 0 radical (unpaired) electrons. The second-order valence-corrected chi connectivity index (χ2v) is 6.44. The van der Waals surface area contributed by atoms with Gasteiger partial charge in [-0.15, -0.1) is 0 Å². The van der Waals surface area contributed by atoms with Crippen molar-refractivity contribution in [2.75, 3.05) is 14.2 Å². The lowest BCUT2D eigenvalue weighted by Gasteiger charge is -2.18. The normalized spacial score (nSPS) is 12.1. The molecule has 0 aliphatic carbocycles. The first-order chi connectivity index (χ1) is 9.99. The van der Waals surface area contributed by atoms with E-state index in [1.165, 1.54) is 20.3 Å². The molecule has 1 unspecified atom stereocenters. The molecule has 0 aliphatic heterocycles. The van der Waals surface area contributed by atoms with Gasteiger partial charge in [0.1, 0.15) is 22.3 Å². The summed E-state index contributed by atoms with van der Waals surface area (Å²) in [5, 5.41) is 0.359. The fourth-order valence-electron chi connectivity index (χ4n) is 1.99. The summed E-state index contributed by atoms with van der Waals surface area (Å²) in [6.45, 7) is 0. The number of ether oxygens (including phenoxy) is 2. The number of hydrogen-bond donors (Lipinski definition) is 0. The molecular weight excluding hydrogens is 426 g/mol. The largest absolute Gasteiger partial charge is 0.495 e. The first kappa shape index (κ1) is 16.6. The Morgan fingerprint density at radius 2 is 1.81 bits per heavy atom. The van der Waals surface area contributed by atoms with E-state index in [4.69, 9.17) is 21.1 Å². The van der Waals surface area contributed by atoms with Crippen LogP contribution in [0.25, 0.3) is 0 Å². The van der Waals surface area contributed by atoms with Crippen LogP contribution >= 0.6 is 43.5 Å². The van der Waals surface area contributed by atoms with Gasteiger partial charge in [0, 0.05) is 15.6 Å². The van der Waals surface area contributed by atoms with Crippen molar-refractivity contribution in [1.29, 1.82) is 0 Å². The van der Waals surface area contributed by atoms with Crippen LogP contribution in [0.4, 0.5) is 4.39 Å². The molecule has 2 rings (SSSR count). The third-order valence-electron chi connectivity index (χ3n) is 3.02. The zero-order chi connectivity index (χ0) is 15.6. The average Bonchev–Trinajstić information content (AvgIpc) is 2.48. The summed E-state index contributed by atoms with van der Waals surface area (Å²) < 4.78 is 25.3. The number of rotatable bonds is 4. The topological polar surface area (TPSA) is 18.5 Å². The Balaban J connectivity index is 2.55. The molecule has 21 heavy (non-hydrogen) atoms. The van der Waals surface area contributed by atoms with Crippen LogP contribution in [0.1, 0.15) is 16.0 Å². The average molecular weight is 439 g/mol. The third-order valence-corrected chi connectivity index (χ3v) is 4.86. The molecule has 2 aromatic rings. The molecule has 0 saturated heterocycles. The van der Waals surface area contributed by atoms with Crippen LogP contribution in [0.15, 0.2) is 34.8 Å². The van der Waals surface area contributed by atoms with Gasteiger partial charge in [-0.3, -0.25) is 0 Å². The molecule has 0 heterocycles. The van der Waals surface area contributed by atoms with E-state index in [2.05, 4.69) is 31.9 Å². The lowest BCUT2D eigenvalue weighted by atomic mass is 10.0. The summed E-state index contributed by atoms with van der Waals surface area (Å²) in [4.78, 5) is -0.395. The maximum absolute atomic E-state index is 14.0. The lowest BCUT2D eigenvalue weighted by Crippen LogP contribution is -2.01. The summed E-state index contributed by atoms with van der Waals surface area (Å²) >= 11 is 13.1. The van der Waals surface area contributed by atoms with Crippen molar-refractivity contribution < 1.29 is 13.9 Å². The zero-order valence-corrected chi connectivity index (χ0v) is 15.2. The number of halogens is 4. The van der Waals surface area contributed by atoms with Crippen molar-refractivity contribution in [2.24, 2.45) is 0 Å². The highest BCUT2D eigenvalue weighted by Gasteiger charge is 2.22. The van der Waals surface area contributed by atoms with Crippen LogP contribution in [-0.4, -0.2) is 14.2 Å². The van der Waals surface area contributed by atoms with Crippen LogP contribution in [0.5, 0.6) is 11.5 Å². The molecule has 0 N–H and O–H groups in total. The van der Waals surface area contributed by atoms with Gasteiger partial charge in [0.05, 0.1) is 19.0 Å². The lowest BCUT2D eigenvalue weighted by molar-refractivity contribution is 0.392. The first-order valence-electron chi connectivity index (χ1n) is 5.99. The molecule has 6 heteroatoms. The van der Waals surface area contributed by atoms with Crippen molar-refractivity contribution in [3.05, 3.63) is 56.8 Å². The van der Waals surface area contributed by atoms with Crippen LogP contribution in [-0.2, 0) is 0 Å². The second-order valence-electron chi connectivity index (χ2n) is 4.23. The predicted molar refractivity (Wildman–Crippen MR) is 89.4 cm³/mol. The maximum Gasteiger partial charge on any atom is 0.145 e. The molecule has 0 aromatic heterocycles. The Morgan fingerprint density at radius 3 is 2.43 bits per heavy atom. The van der Waals surface area contributed by atoms with E-state index in [-0.39, 0.29) is 5.82 Å². The Morgan fingerprint density at radius 1 is 1.10 bits per heavy atom. The fourth-order valence-corrected chi connectivity index (χ4v) is 3.41. The monoisotopic (exact) mass is 436 g/mol. The van der Waals surface area contributed by atoms with E-state index in [0.717, 1.165) is 10.0 Å². The zero-order valence-electron chi connectivity index (χ0n) is 11.3. The Kier molecular flexibility index (Phi) is 5.52. The molecule has 112 valence electrons. The molecule has 0 bridgehead atoms. The van der Waals surface area contributed by atoms with Crippen LogP contribution in [0, 0.1) is 5.82 Å². The van der Waals surface area contributed by atoms with Gasteiger partial charge in [0.15, 0.2) is 0 Å². The molecule has 0 aliphatic rings. The van der Waals surface area contributed by atoms with Gasteiger partial charge in [-0.2, -0.15) is 0 Å². The minimum absolute atomic E-state index is 0.311. The molecule has 0 fully saturated rings. The quantitative estimate of drug-likeness (QED) is 0.567. The standard InChI is InChI=1S/C15H12Br2ClFO2/c1-20-12-6-4-9(15(21-2)14(12)18)13(17)10-7-8(16)3-5-11(10)19/h3-7,13H,1-2H3. The number of methoxy groups -OCH3 is 2. The van der Waals surface area contributed by atoms with E-state index in [1.54, 1.807) is 24.3 Å². The molecule has 0 saturated carbocycles. The van der Waals surface area contributed by atoms with Crippen molar-refractivity contribution in [1.82, 2.24) is 0 Å². The van der Waals surface area contributed by atoms with Gasteiger partial charge in [-0.1, -0.05) is 49.5 Å². The van der Waals surface area contributed by atoms with Crippen molar-refractivity contribution in [3.8, 4) is 11.5 Å². The van der Waals surface area contributed by atoms with Crippen molar-refractivity contribution in [2.45, 2.75) is 4.83 Å². The van der Waals surface area contributed by atoms with Crippen molar-refractivity contribution in [3.63, 3.8) is 0 Å². The van der Waals surface area contributed by atoms with Crippen molar-refractivity contribution >= 4 is 43.5 Å². The van der Waals surface area contributed by atoms with E-state index in [1.807, 2.05) is 0 Å². The highest BCUT2D eigenvalue weighted by molar-refractivity contribution is 9.10. The van der Waals surface area contributed by atoms with Crippen LogP contribution < -0.4 is 9.47 Å². The molecule has 1 atom stereocenters. The number of alkyl halides is 1. The third kappa shape index (κ3) is 3.35. The van der Waals surface area contributed by atoms with Crippen LogP contribution in [0.2, 0.25) is 5.02 Å². The van der Waals surface area contributed by atoms with E-state index < -0.39 is 4.83 Å². The molecular formula is C15H12Br2ClFO2. The molecule has 2 nitrogen and oxygen atoms in total. The highest BCUT2D eigenvalue weighted by Crippen LogP contribution is 2.44. The number of hydrogen-bond acceptors (Lipinski definition) is 2. The Bertz CT molecular complexity index is 664. The number of benzene rings is 2. The summed E-state index contributed by atoms with van der Waals surface area (Å²) in [7, 11) is 3.04. The molecule has 2 aromatic carbocycles. The molecule has 0 amide bonds. The van der Waals surface area contributed by atoms with Gasteiger partial charge in [0.2, 0.25) is 0 Å². The predicted octanol–water partition coefficient (Wildman–Crippen LogP) is 5.74. The van der Waals surface area contributed by atoms with E-state index >= 15 is 0 Å². The second kappa shape index (κ2) is 6.99. The fraction of sp³-hybridized carbons (Fsp3) is 0.200. The first-order valence-corrected chi connectivity index (χ1v) is 8.07. The van der Waals surface area contributed by atoms with E-state index in [9.17, 15) is 4.39 Å². The summed E-state index contributed by atoms with van der Waals surface area (Å²) in [6.07, 6.45) is 0. The van der Waals surface area contributed by atoms with Crippen LogP contribution in [0.3, 0.4) is 0 Å². The van der Waals surface area contributed by atoms with Gasteiger partial charge in [-0.25, -0.2) is 4.39 Å². The minimum Gasteiger partial charge on any atom is -0.495 e. The summed E-state index contributed by atoms with van der Waals surface area (Å²) in [6, 6.07) is 8.29. The van der Waals surface area contributed by atoms with Gasteiger partial charge in [0.25, 0.3) is 0 Å². The Labute approximate surface area is 144 Å². The summed E-state index contributed by atoms with van der Waals surface area (Å²) in [5.41, 5.74) is 1.21. The Hall–Kier alpha value is -0.780.